The molecule has 0 atom stereocenters. The predicted molar refractivity (Wildman–Crippen MR) is 93.3 cm³/mol. The number of nitrogens with one attached hydrogen (secondary N) is 1. The minimum absolute atomic E-state index is 0.102. The van der Waals surface area contributed by atoms with Crippen molar-refractivity contribution in [3.63, 3.8) is 0 Å². The number of halogens is 1. The number of hydrogen-bond acceptors (Lipinski definition) is 2. The van der Waals surface area contributed by atoms with Crippen LogP contribution in [-0.2, 0) is 6.54 Å². The molecule has 1 heterocycles. The first-order valence-corrected chi connectivity index (χ1v) is 9.23. The van der Waals surface area contributed by atoms with Crippen molar-refractivity contribution in [1.82, 2.24) is 15.1 Å². The Morgan fingerprint density at radius 2 is 1.75 bits per heavy atom. The summed E-state index contributed by atoms with van der Waals surface area (Å²) in [5.74, 6) is -0.194. The van der Waals surface area contributed by atoms with Gasteiger partial charge in [-0.1, -0.05) is 31.4 Å². The van der Waals surface area contributed by atoms with Crippen molar-refractivity contribution < 1.29 is 9.18 Å². The van der Waals surface area contributed by atoms with Crippen LogP contribution in [0.25, 0.3) is 0 Å². The molecule has 2 amide bonds. The monoisotopic (exact) mass is 333 g/mol. The van der Waals surface area contributed by atoms with Crippen LogP contribution in [0.4, 0.5) is 9.18 Å². The minimum Gasteiger partial charge on any atom is -0.335 e. The number of urea groups is 1. The molecule has 1 aliphatic carbocycles. The van der Waals surface area contributed by atoms with Crippen LogP contribution in [0.2, 0.25) is 0 Å². The third-order valence-electron chi connectivity index (χ3n) is 5.13. The van der Waals surface area contributed by atoms with E-state index in [4.69, 9.17) is 0 Å². The number of carbonyl (C=O) groups is 1. The van der Waals surface area contributed by atoms with Crippen LogP contribution in [0, 0.1) is 5.82 Å². The van der Waals surface area contributed by atoms with Gasteiger partial charge in [-0.05, 0) is 37.0 Å². The van der Waals surface area contributed by atoms with Crippen molar-refractivity contribution >= 4 is 6.03 Å². The third kappa shape index (κ3) is 4.94. The van der Waals surface area contributed by atoms with Crippen LogP contribution in [-0.4, -0.2) is 48.1 Å². The van der Waals surface area contributed by atoms with E-state index in [1.807, 2.05) is 17.0 Å². The third-order valence-corrected chi connectivity index (χ3v) is 5.13. The molecule has 0 spiro atoms. The lowest BCUT2D eigenvalue weighted by Crippen LogP contribution is -2.46. The van der Waals surface area contributed by atoms with E-state index in [0.29, 0.717) is 6.04 Å². The maximum Gasteiger partial charge on any atom is 0.317 e. The Balaban J connectivity index is 1.47. The number of hydrogen-bond donors (Lipinski definition) is 1. The molecular weight excluding hydrogens is 305 g/mol. The summed E-state index contributed by atoms with van der Waals surface area (Å²) >= 11 is 0. The lowest BCUT2D eigenvalue weighted by Gasteiger charge is -2.27. The highest BCUT2D eigenvalue weighted by atomic mass is 19.1. The van der Waals surface area contributed by atoms with Gasteiger partial charge in [-0.2, -0.15) is 0 Å². The van der Waals surface area contributed by atoms with Gasteiger partial charge in [0.05, 0.1) is 0 Å². The molecule has 3 rings (SSSR count). The molecule has 0 unspecified atom stereocenters. The Morgan fingerprint density at radius 3 is 2.50 bits per heavy atom. The molecule has 2 aliphatic rings. The number of benzene rings is 1. The second-order valence-corrected chi connectivity index (χ2v) is 7.03. The zero-order chi connectivity index (χ0) is 16.8. The van der Waals surface area contributed by atoms with Crippen LogP contribution < -0.4 is 5.32 Å². The molecule has 1 aromatic rings. The maximum absolute atomic E-state index is 13.0. The molecule has 0 radical (unpaired) electrons. The molecule has 0 aromatic heterocycles. The largest absolute Gasteiger partial charge is 0.335 e. The number of nitrogens with zero attached hydrogens (tertiary/aromatic N) is 2. The van der Waals surface area contributed by atoms with Crippen molar-refractivity contribution in [2.45, 2.75) is 51.1 Å². The summed E-state index contributed by atoms with van der Waals surface area (Å²) in [6.07, 6.45) is 6.99. The summed E-state index contributed by atoms with van der Waals surface area (Å²) in [5.41, 5.74) is 1.12. The lowest BCUT2D eigenvalue weighted by atomic mass is 9.96. The van der Waals surface area contributed by atoms with Crippen LogP contribution in [0.5, 0.6) is 0 Å². The Hall–Kier alpha value is -1.62. The molecule has 1 aliphatic heterocycles. The fourth-order valence-corrected chi connectivity index (χ4v) is 3.69. The zero-order valence-electron chi connectivity index (χ0n) is 14.3. The van der Waals surface area contributed by atoms with Gasteiger partial charge < -0.3 is 10.2 Å². The maximum atomic E-state index is 13.0. The van der Waals surface area contributed by atoms with Crippen LogP contribution in [0.15, 0.2) is 24.3 Å². The van der Waals surface area contributed by atoms with E-state index in [2.05, 4.69) is 10.2 Å². The summed E-state index contributed by atoms with van der Waals surface area (Å²) in [6, 6.07) is 7.17. The second-order valence-electron chi connectivity index (χ2n) is 7.03. The molecule has 0 bridgehead atoms. The van der Waals surface area contributed by atoms with Gasteiger partial charge in [0.2, 0.25) is 0 Å². The molecule has 1 saturated heterocycles. The summed E-state index contributed by atoms with van der Waals surface area (Å²) in [7, 11) is 0. The number of amides is 2. The fourth-order valence-electron chi connectivity index (χ4n) is 3.69. The van der Waals surface area contributed by atoms with E-state index in [9.17, 15) is 9.18 Å². The molecule has 2 fully saturated rings. The highest BCUT2D eigenvalue weighted by Crippen LogP contribution is 2.18. The molecule has 1 aromatic carbocycles. The normalized spacial score (nSPS) is 20.6. The topological polar surface area (TPSA) is 35.6 Å². The SMILES string of the molecule is O=C(NC1CCCCC1)N1CCCN(Cc2ccc(F)cc2)CC1. The van der Waals surface area contributed by atoms with E-state index in [1.54, 1.807) is 0 Å². The Bertz CT molecular complexity index is 528. The van der Waals surface area contributed by atoms with Gasteiger partial charge in [0, 0.05) is 38.8 Å². The van der Waals surface area contributed by atoms with Crippen molar-refractivity contribution in [3.05, 3.63) is 35.6 Å². The Morgan fingerprint density at radius 1 is 1.00 bits per heavy atom. The highest BCUT2D eigenvalue weighted by molar-refractivity contribution is 5.74. The van der Waals surface area contributed by atoms with E-state index >= 15 is 0 Å². The average molecular weight is 333 g/mol. The number of carbonyl (C=O) groups excluding carboxylic acids is 1. The molecule has 5 heteroatoms. The van der Waals surface area contributed by atoms with Crippen molar-refractivity contribution in [1.29, 1.82) is 0 Å². The first-order valence-electron chi connectivity index (χ1n) is 9.23. The summed E-state index contributed by atoms with van der Waals surface area (Å²) in [4.78, 5) is 16.8. The van der Waals surface area contributed by atoms with Gasteiger partial charge in [-0.15, -0.1) is 0 Å². The average Bonchev–Trinajstić information content (AvgIpc) is 2.83. The van der Waals surface area contributed by atoms with Gasteiger partial charge in [0.15, 0.2) is 0 Å². The molecule has 1 N–H and O–H groups in total. The summed E-state index contributed by atoms with van der Waals surface area (Å²) in [5, 5.41) is 3.21. The molecule has 4 nitrogen and oxygen atoms in total. The van der Waals surface area contributed by atoms with Gasteiger partial charge in [0.1, 0.15) is 5.82 Å². The van der Waals surface area contributed by atoms with Gasteiger partial charge in [-0.3, -0.25) is 4.90 Å². The predicted octanol–water partition coefficient (Wildman–Crippen LogP) is 3.38. The van der Waals surface area contributed by atoms with E-state index in [1.165, 1.54) is 31.4 Å². The van der Waals surface area contributed by atoms with Crippen LogP contribution in [0.1, 0.15) is 44.1 Å². The van der Waals surface area contributed by atoms with Gasteiger partial charge >= 0.3 is 6.03 Å². The fraction of sp³-hybridized carbons (Fsp3) is 0.632. The molecule has 24 heavy (non-hydrogen) atoms. The lowest BCUT2D eigenvalue weighted by molar-refractivity contribution is 0.190. The summed E-state index contributed by atoms with van der Waals surface area (Å²) < 4.78 is 13.0. The number of rotatable bonds is 3. The van der Waals surface area contributed by atoms with Gasteiger partial charge in [0.25, 0.3) is 0 Å². The van der Waals surface area contributed by atoms with Crippen molar-refractivity contribution in [2.75, 3.05) is 26.2 Å². The van der Waals surface area contributed by atoms with Crippen LogP contribution >= 0.6 is 0 Å². The minimum atomic E-state index is -0.194. The standard InChI is InChI=1S/C19H28FN3O/c20-17-9-7-16(8-10-17)15-22-11-4-12-23(14-13-22)19(24)21-18-5-2-1-3-6-18/h7-10,18H,1-6,11-15H2,(H,21,24). The molecular formula is C19H28FN3O. The Labute approximate surface area is 144 Å². The van der Waals surface area contributed by atoms with E-state index in [-0.39, 0.29) is 11.8 Å². The van der Waals surface area contributed by atoms with Gasteiger partial charge in [-0.25, -0.2) is 9.18 Å². The molecule has 132 valence electrons. The first-order chi connectivity index (χ1) is 11.7. The second kappa shape index (κ2) is 8.47. The van der Waals surface area contributed by atoms with Crippen molar-refractivity contribution in [2.24, 2.45) is 0 Å². The first kappa shape index (κ1) is 17.2. The highest BCUT2D eigenvalue weighted by Gasteiger charge is 2.22. The smallest absolute Gasteiger partial charge is 0.317 e. The van der Waals surface area contributed by atoms with Crippen LogP contribution in [0.3, 0.4) is 0 Å². The van der Waals surface area contributed by atoms with Crippen molar-refractivity contribution in [3.8, 4) is 0 Å². The molecule has 1 saturated carbocycles. The Kier molecular flexibility index (Phi) is 6.07. The van der Waals surface area contributed by atoms with E-state index in [0.717, 1.165) is 57.5 Å². The quantitative estimate of drug-likeness (QED) is 0.920. The van der Waals surface area contributed by atoms with E-state index < -0.39 is 0 Å². The summed E-state index contributed by atoms with van der Waals surface area (Å²) in [6.45, 7) is 4.25. The zero-order valence-corrected chi connectivity index (χ0v) is 14.3.